The predicted octanol–water partition coefficient (Wildman–Crippen LogP) is 0.394. The second-order valence-corrected chi connectivity index (χ2v) is 2.76. The predicted molar refractivity (Wildman–Crippen MR) is 35.5 cm³/mol. The minimum absolute atomic E-state index is 0.278. The van der Waals surface area contributed by atoms with Crippen molar-refractivity contribution >= 4 is 5.97 Å². The van der Waals surface area contributed by atoms with Crippen LogP contribution in [0.4, 0.5) is 0 Å². The van der Waals surface area contributed by atoms with Crippen molar-refractivity contribution in [2.45, 2.75) is 33.2 Å². The fourth-order valence-electron chi connectivity index (χ4n) is 0. The van der Waals surface area contributed by atoms with Crippen LogP contribution in [0.25, 0.3) is 4.98 Å². The molecule has 0 aromatic heterocycles. The molecule has 0 amide bonds. The molecule has 0 aliphatic carbocycles. The van der Waals surface area contributed by atoms with Gasteiger partial charge in [0.05, 0.1) is 0 Å². The number of carbonyl (C=O) groups excluding carboxylic acids is 1. The summed E-state index contributed by atoms with van der Waals surface area (Å²) < 4.78 is 0. The Bertz CT molecular complexity index is 137. The molecule has 0 saturated carbocycles. The summed E-state index contributed by atoms with van der Waals surface area (Å²) >= 11 is 0. The Balaban J connectivity index is 0. The summed E-state index contributed by atoms with van der Waals surface area (Å²) in [4.78, 5) is 11.9. The molecule has 0 aliphatic heterocycles. The number of carboxylic acid groups (broad SMARTS) is 1. The van der Waals surface area contributed by atoms with Crippen LogP contribution in [-0.4, -0.2) is 11.5 Å². The van der Waals surface area contributed by atoms with Crippen molar-refractivity contribution in [1.82, 2.24) is 0 Å². The summed E-state index contributed by atoms with van der Waals surface area (Å²) in [6.07, 6.45) is 0. The topological polar surface area (TPSA) is 68.3 Å². The van der Waals surface area contributed by atoms with Crippen LogP contribution in [0.15, 0.2) is 0 Å². The molecule has 10 heavy (non-hydrogen) atoms. The summed E-state index contributed by atoms with van der Waals surface area (Å²) in [5.41, 5.74) is -0.278. The lowest BCUT2D eigenvalue weighted by atomic mass is 10.1. The third kappa shape index (κ3) is 66.9. The van der Waals surface area contributed by atoms with Crippen LogP contribution in [0.2, 0.25) is 0 Å². The maximum absolute atomic E-state index is 8.89. The molecule has 0 aromatic rings. The molecule has 4 heteroatoms. The average Bonchev–Trinajstić information content (AvgIpc) is 1.63. The molecule has 0 radical (unpaired) electrons. The number of diazo groups is 1. The van der Waals surface area contributed by atoms with Gasteiger partial charge in [-0.25, -0.2) is 0 Å². The van der Waals surface area contributed by atoms with Crippen molar-refractivity contribution in [3.05, 3.63) is 4.98 Å². The first-order valence-electron chi connectivity index (χ1n) is 2.83. The number of hydrogen-bond acceptors (Lipinski definition) is 3. The van der Waals surface area contributed by atoms with Crippen LogP contribution in [0, 0.1) is 5.39 Å². The number of aliphatic carboxylic acids is 1. The van der Waals surface area contributed by atoms with E-state index in [1.807, 2.05) is 20.8 Å². The van der Waals surface area contributed by atoms with E-state index in [1.54, 1.807) is 0 Å². The van der Waals surface area contributed by atoms with Gasteiger partial charge in [-0.3, -0.25) is 0 Å². The highest BCUT2D eigenvalue weighted by molar-refractivity contribution is 5.60. The number of hydrogen-bond donors (Lipinski definition) is 0. The lowest BCUT2D eigenvalue weighted by Crippen LogP contribution is -2.16. The van der Waals surface area contributed by atoms with E-state index in [4.69, 9.17) is 15.3 Å². The van der Waals surface area contributed by atoms with Crippen molar-refractivity contribution in [3.63, 3.8) is 0 Å². The smallest absolute Gasteiger partial charge is 0.314 e. The van der Waals surface area contributed by atoms with Crippen LogP contribution >= 0.6 is 0 Å². The van der Waals surface area contributed by atoms with Gasteiger partial charge in [-0.05, 0) is 6.92 Å². The van der Waals surface area contributed by atoms with Crippen LogP contribution in [0.3, 0.4) is 0 Å². The normalized spacial score (nSPS) is 8.70. The van der Waals surface area contributed by atoms with Gasteiger partial charge in [0, 0.05) is 26.7 Å². The Kier molecular flexibility index (Phi) is 5.52. The number of carbonyl (C=O) groups is 1. The van der Waals surface area contributed by atoms with Crippen LogP contribution in [-0.2, 0) is 4.79 Å². The van der Waals surface area contributed by atoms with Gasteiger partial charge in [-0.15, -0.1) is 0 Å². The Hall–Kier alpha value is -1.11. The second kappa shape index (κ2) is 4.74. The van der Waals surface area contributed by atoms with Gasteiger partial charge in [-0.1, -0.05) is 0 Å². The van der Waals surface area contributed by atoms with E-state index in [0.29, 0.717) is 0 Å². The van der Waals surface area contributed by atoms with E-state index < -0.39 is 5.97 Å². The first-order chi connectivity index (χ1) is 4.29. The van der Waals surface area contributed by atoms with E-state index >= 15 is 0 Å². The molecule has 0 bridgehead atoms. The van der Waals surface area contributed by atoms with Crippen LogP contribution < -0.4 is 5.11 Å². The standard InChI is InChI=1S/C4H9N2.C2H4O2/c1-4(2,3)6-5;1-2(3)4/h1-3H3;1H3,(H,3,4)/q+1;/p-1. The number of nitrogens with zero attached hydrogens (tertiary/aromatic N) is 2. The molecule has 0 rings (SSSR count). The first kappa shape index (κ1) is 11.7. The zero-order valence-electron chi connectivity index (χ0n) is 6.71. The highest BCUT2D eigenvalue weighted by Gasteiger charge is 2.21. The molecule has 0 fully saturated rings. The molecular weight excluding hydrogens is 132 g/mol. The summed E-state index contributed by atoms with van der Waals surface area (Å²) in [6, 6.07) is 0. The van der Waals surface area contributed by atoms with E-state index in [2.05, 4.69) is 4.98 Å². The number of rotatable bonds is 0. The first-order valence-corrected chi connectivity index (χ1v) is 2.83. The lowest BCUT2D eigenvalue weighted by molar-refractivity contribution is -0.302. The molecule has 0 unspecified atom stereocenters. The summed E-state index contributed by atoms with van der Waals surface area (Å²) in [5, 5.41) is 16.9. The number of carboxylic acids is 1. The summed E-state index contributed by atoms with van der Waals surface area (Å²) in [6.45, 7) is 6.45. The van der Waals surface area contributed by atoms with Crippen molar-refractivity contribution < 1.29 is 9.90 Å². The quantitative estimate of drug-likeness (QED) is 0.462. The Morgan fingerprint density at radius 1 is 1.50 bits per heavy atom. The molecule has 0 aromatic carbocycles. The highest BCUT2D eigenvalue weighted by atomic mass is 16.4. The zero-order valence-corrected chi connectivity index (χ0v) is 6.71. The van der Waals surface area contributed by atoms with E-state index in [-0.39, 0.29) is 5.54 Å². The van der Waals surface area contributed by atoms with Crippen molar-refractivity contribution in [1.29, 1.82) is 5.39 Å². The molecule has 4 nitrogen and oxygen atoms in total. The Labute approximate surface area is 60.5 Å². The van der Waals surface area contributed by atoms with Crippen molar-refractivity contribution in [2.75, 3.05) is 0 Å². The maximum Gasteiger partial charge on any atom is 0.314 e. The van der Waals surface area contributed by atoms with Gasteiger partial charge in [-0.2, -0.15) is 0 Å². The minimum Gasteiger partial charge on any atom is -0.550 e. The van der Waals surface area contributed by atoms with Gasteiger partial charge in [0.25, 0.3) is 0 Å². The second-order valence-electron chi connectivity index (χ2n) is 2.76. The van der Waals surface area contributed by atoms with E-state index in [9.17, 15) is 0 Å². The van der Waals surface area contributed by atoms with Crippen LogP contribution in [0.1, 0.15) is 27.7 Å². The average molecular weight is 144 g/mol. The highest BCUT2D eigenvalue weighted by Crippen LogP contribution is 2.03. The fraction of sp³-hybridized carbons (Fsp3) is 0.833. The molecule has 0 atom stereocenters. The largest absolute Gasteiger partial charge is 0.550 e. The lowest BCUT2D eigenvalue weighted by Gasteiger charge is -1.84. The SMILES string of the molecule is CC(=O)[O-].CC(C)(C)[N+]#N. The Morgan fingerprint density at radius 2 is 1.60 bits per heavy atom. The zero-order chi connectivity index (χ0) is 8.78. The molecule has 0 aliphatic rings. The summed E-state index contributed by atoms with van der Waals surface area (Å²) in [7, 11) is 0. The fourth-order valence-corrected chi connectivity index (χ4v) is 0. The monoisotopic (exact) mass is 144 g/mol. The third-order valence-electron chi connectivity index (χ3n) is 0.300. The minimum atomic E-state index is -1.08. The molecule has 0 N–H and O–H groups in total. The maximum atomic E-state index is 8.89. The molecule has 58 valence electrons. The van der Waals surface area contributed by atoms with Gasteiger partial charge in [0.1, 0.15) is 4.98 Å². The van der Waals surface area contributed by atoms with Gasteiger partial charge in [0.15, 0.2) is 0 Å². The van der Waals surface area contributed by atoms with Gasteiger partial charge >= 0.3 is 5.54 Å². The van der Waals surface area contributed by atoms with Gasteiger partial charge < -0.3 is 9.90 Å². The summed E-state index contributed by atoms with van der Waals surface area (Å²) in [5.74, 6) is -1.08. The van der Waals surface area contributed by atoms with E-state index in [0.717, 1.165) is 6.92 Å². The third-order valence-corrected chi connectivity index (χ3v) is 0.300. The van der Waals surface area contributed by atoms with E-state index in [1.165, 1.54) is 0 Å². The molecular formula is C6H12N2O2. The molecule has 0 heterocycles. The Morgan fingerprint density at radius 3 is 1.60 bits per heavy atom. The van der Waals surface area contributed by atoms with Crippen molar-refractivity contribution in [3.8, 4) is 0 Å². The van der Waals surface area contributed by atoms with Crippen LogP contribution in [0.5, 0.6) is 0 Å². The van der Waals surface area contributed by atoms with Gasteiger partial charge in [0.2, 0.25) is 5.39 Å². The molecule has 0 saturated heterocycles. The van der Waals surface area contributed by atoms with Crippen molar-refractivity contribution in [2.24, 2.45) is 0 Å². The molecule has 0 spiro atoms.